The first-order chi connectivity index (χ1) is 7.11. The lowest BCUT2D eigenvalue weighted by Crippen LogP contribution is -2.49. The molecule has 0 aromatic heterocycles. The molecule has 0 aromatic rings. The first kappa shape index (κ1) is 12.5. The number of amides is 1. The molecule has 0 bridgehead atoms. The van der Waals surface area contributed by atoms with Gasteiger partial charge in [0.1, 0.15) is 0 Å². The van der Waals surface area contributed by atoms with Crippen molar-refractivity contribution in [2.24, 2.45) is 0 Å². The molecule has 1 aliphatic heterocycles. The third kappa shape index (κ3) is 3.47. The SMILES string of the molecule is CNCCC(=O)N1CCCC(C)(OC)C1. The molecule has 1 fully saturated rings. The number of ether oxygens (including phenoxy) is 1. The molecule has 1 atom stereocenters. The lowest BCUT2D eigenvalue weighted by molar-refractivity contribution is -0.139. The van der Waals surface area contributed by atoms with Gasteiger partial charge in [-0.15, -0.1) is 0 Å². The van der Waals surface area contributed by atoms with E-state index in [-0.39, 0.29) is 11.5 Å². The quantitative estimate of drug-likeness (QED) is 0.746. The van der Waals surface area contributed by atoms with E-state index in [9.17, 15) is 4.79 Å². The molecule has 1 aliphatic rings. The Labute approximate surface area is 92.0 Å². The molecule has 88 valence electrons. The molecular formula is C11H22N2O2. The molecule has 1 rings (SSSR count). The Hall–Kier alpha value is -0.610. The van der Waals surface area contributed by atoms with Gasteiger partial charge in [0.15, 0.2) is 0 Å². The fourth-order valence-corrected chi connectivity index (χ4v) is 1.98. The van der Waals surface area contributed by atoms with Crippen LogP contribution in [0.15, 0.2) is 0 Å². The fourth-order valence-electron chi connectivity index (χ4n) is 1.98. The third-order valence-corrected chi connectivity index (χ3v) is 3.09. The Morgan fingerprint density at radius 1 is 1.60 bits per heavy atom. The molecule has 0 aliphatic carbocycles. The number of carbonyl (C=O) groups excluding carboxylic acids is 1. The van der Waals surface area contributed by atoms with E-state index in [4.69, 9.17) is 4.74 Å². The molecule has 4 nitrogen and oxygen atoms in total. The van der Waals surface area contributed by atoms with Crippen molar-refractivity contribution in [3.63, 3.8) is 0 Å². The molecule has 0 aromatic carbocycles. The van der Waals surface area contributed by atoms with Gasteiger partial charge in [0.2, 0.25) is 5.91 Å². The zero-order chi connectivity index (χ0) is 11.3. The summed E-state index contributed by atoms with van der Waals surface area (Å²) in [5, 5.41) is 2.99. The van der Waals surface area contributed by atoms with Crippen LogP contribution >= 0.6 is 0 Å². The second-order valence-electron chi connectivity index (χ2n) is 4.43. The Kier molecular flexibility index (Phi) is 4.54. The normalized spacial score (nSPS) is 26.7. The number of piperidine rings is 1. The van der Waals surface area contributed by atoms with Crippen molar-refractivity contribution in [2.75, 3.05) is 33.8 Å². The Bertz CT molecular complexity index is 221. The first-order valence-electron chi connectivity index (χ1n) is 5.59. The zero-order valence-electron chi connectivity index (χ0n) is 10.0. The van der Waals surface area contributed by atoms with Gasteiger partial charge in [-0.2, -0.15) is 0 Å². The Morgan fingerprint density at radius 2 is 2.33 bits per heavy atom. The average Bonchev–Trinajstić information content (AvgIpc) is 2.26. The van der Waals surface area contributed by atoms with Gasteiger partial charge in [-0.3, -0.25) is 4.79 Å². The van der Waals surface area contributed by atoms with Crippen molar-refractivity contribution in [1.82, 2.24) is 10.2 Å². The summed E-state index contributed by atoms with van der Waals surface area (Å²) >= 11 is 0. The number of rotatable bonds is 4. The van der Waals surface area contributed by atoms with E-state index in [1.807, 2.05) is 11.9 Å². The lowest BCUT2D eigenvalue weighted by atomic mass is 9.94. The number of hydrogen-bond acceptors (Lipinski definition) is 3. The summed E-state index contributed by atoms with van der Waals surface area (Å²) in [6.45, 7) is 4.43. The smallest absolute Gasteiger partial charge is 0.223 e. The van der Waals surface area contributed by atoms with Gasteiger partial charge in [0, 0.05) is 33.2 Å². The summed E-state index contributed by atoms with van der Waals surface area (Å²) in [6.07, 6.45) is 2.66. The maximum Gasteiger partial charge on any atom is 0.223 e. The maximum absolute atomic E-state index is 11.8. The van der Waals surface area contributed by atoms with Crippen LogP contribution in [0, 0.1) is 0 Å². The highest BCUT2D eigenvalue weighted by atomic mass is 16.5. The summed E-state index contributed by atoms with van der Waals surface area (Å²) in [5.41, 5.74) is -0.145. The zero-order valence-corrected chi connectivity index (χ0v) is 10.0. The number of methoxy groups -OCH3 is 1. The average molecular weight is 214 g/mol. The molecular weight excluding hydrogens is 192 g/mol. The lowest BCUT2D eigenvalue weighted by Gasteiger charge is -2.39. The standard InChI is InChI=1S/C11H22N2O2/c1-11(15-3)6-4-8-13(9-11)10(14)5-7-12-2/h12H,4-9H2,1-3H3. The van der Waals surface area contributed by atoms with Gasteiger partial charge >= 0.3 is 0 Å². The monoisotopic (exact) mass is 214 g/mol. The van der Waals surface area contributed by atoms with Crippen molar-refractivity contribution in [2.45, 2.75) is 31.8 Å². The van der Waals surface area contributed by atoms with Crippen LogP contribution in [0.5, 0.6) is 0 Å². The highest BCUT2D eigenvalue weighted by molar-refractivity contribution is 5.76. The molecule has 1 unspecified atom stereocenters. The highest BCUT2D eigenvalue weighted by Gasteiger charge is 2.32. The Balaban J connectivity index is 2.45. The van der Waals surface area contributed by atoms with Crippen LogP contribution in [0.2, 0.25) is 0 Å². The van der Waals surface area contributed by atoms with Crippen LogP contribution in [0.1, 0.15) is 26.2 Å². The summed E-state index contributed by atoms with van der Waals surface area (Å²) in [7, 11) is 3.59. The molecule has 4 heteroatoms. The number of nitrogens with zero attached hydrogens (tertiary/aromatic N) is 1. The van der Waals surface area contributed by atoms with Gasteiger partial charge in [-0.05, 0) is 26.8 Å². The molecule has 1 heterocycles. The number of nitrogens with one attached hydrogen (secondary N) is 1. The molecule has 0 saturated carbocycles. The number of likely N-dealkylation sites (tertiary alicyclic amines) is 1. The van der Waals surface area contributed by atoms with Crippen LogP contribution in [0.25, 0.3) is 0 Å². The van der Waals surface area contributed by atoms with Crippen LogP contribution in [-0.2, 0) is 9.53 Å². The van der Waals surface area contributed by atoms with E-state index in [2.05, 4.69) is 12.2 Å². The van der Waals surface area contributed by atoms with Crippen LogP contribution in [0.3, 0.4) is 0 Å². The molecule has 15 heavy (non-hydrogen) atoms. The van der Waals surface area contributed by atoms with E-state index >= 15 is 0 Å². The van der Waals surface area contributed by atoms with Crippen molar-refractivity contribution in [1.29, 1.82) is 0 Å². The van der Waals surface area contributed by atoms with E-state index in [1.165, 1.54) is 0 Å². The summed E-state index contributed by atoms with van der Waals surface area (Å²) in [4.78, 5) is 13.7. The fraction of sp³-hybridized carbons (Fsp3) is 0.909. The van der Waals surface area contributed by atoms with E-state index in [0.717, 1.165) is 32.5 Å². The van der Waals surface area contributed by atoms with Crippen molar-refractivity contribution < 1.29 is 9.53 Å². The van der Waals surface area contributed by atoms with Crippen molar-refractivity contribution >= 4 is 5.91 Å². The van der Waals surface area contributed by atoms with Gasteiger partial charge in [-0.1, -0.05) is 0 Å². The maximum atomic E-state index is 11.8. The van der Waals surface area contributed by atoms with Gasteiger partial charge in [0.05, 0.1) is 5.60 Å². The molecule has 1 amide bonds. The van der Waals surface area contributed by atoms with E-state index in [1.54, 1.807) is 7.11 Å². The van der Waals surface area contributed by atoms with Crippen LogP contribution in [-0.4, -0.2) is 50.2 Å². The summed E-state index contributed by atoms with van der Waals surface area (Å²) in [6, 6.07) is 0. The first-order valence-corrected chi connectivity index (χ1v) is 5.59. The summed E-state index contributed by atoms with van der Waals surface area (Å²) in [5.74, 6) is 0.229. The molecule has 1 N–H and O–H groups in total. The van der Waals surface area contributed by atoms with Gasteiger partial charge in [0.25, 0.3) is 0 Å². The van der Waals surface area contributed by atoms with Crippen LogP contribution < -0.4 is 5.32 Å². The molecule has 0 radical (unpaired) electrons. The minimum absolute atomic E-state index is 0.145. The number of hydrogen-bond donors (Lipinski definition) is 1. The Morgan fingerprint density at radius 3 is 2.93 bits per heavy atom. The van der Waals surface area contributed by atoms with E-state index in [0.29, 0.717) is 6.42 Å². The number of carbonyl (C=O) groups is 1. The van der Waals surface area contributed by atoms with Gasteiger partial charge < -0.3 is 15.0 Å². The topological polar surface area (TPSA) is 41.6 Å². The van der Waals surface area contributed by atoms with Gasteiger partial charge in [-0.25, -0.2) is 0 Å². The highest BCUT2D eigenvalue weighted by Crippen LogP contribution is 2.23. The van der Waals surface area contributed by atoms with Crippen molar-refractivity contribution in [3.05, 3.63) is 0 Å². The second-order valence-corrected chi connectivity index (χ2v) is 4.43. The van der Waals surface area contributed by atoms with E-state index < -0.39 is 0 Å². The second kappa shape index (κ2) is 5.47. The van der Waals surface area contributed by atoms with Crippen molar-refractivity contribution in [3.8, 4) is 0 Å². The molecule has 0 spiro atoms. The largest absolute Gasteiger partial charge is 0.377 e. The molecule has 1 saturated heterocycles. The predicted octanol–water partition coefficient (Wildman–Crippen LogP) is 0.623. The predicted molar refractivity (Wildman–Crippen MR) is 59.8 cm³/mol. The van der Waals surface area contributed by atoms with Crippen LogP contribution in [0.4, 0.5) is 0 Å². The minimum atomic E-state index is -0.145. The minimum Gasteiger partial charge on any atom is -0.377 e. The third-order valence-electron chi connectivity index (χ3n) is 3.09. The summed E-state index contributed by atoms with van der Waals surface area (Å²) < 4.78 is 5.45.